The molecule has 3 rings (SSSR count). The molecule has 0 aliphatic carbocycles. The Morgan fingerprint density at radius 2 is 2.04 bits per heavy atom. The van der Waals surface area contributed by atoms with E-state index in [0.717, 1.165) is 5.39 Å². The predicted molar refractivity (Wildman–Crippen MR) is 84.7 cm³/mol. The molecule has 0 saturated carbocycles. The van der Waals surface area contributed by atoms with Crippen molar-refractivity contribution in [2.45, 2.75) is 25.0 Å². The van der Waals surface area contributed by atoms with Crippen molar-refractivity contribution in [1.29, 1.82) is 0 Å². The van der Waals surface area contributed by atoms with Crippen LogP contribution in [-0.2, 0) is 15.8 Å². The molecule has 0 radical (unpaired) electrons. The first-order chi connectivity index (χ1) is 10.8. The molecule has 1 saturated heterocycles. The molecule has 2 heterocycles. The molecule has 0 spiro atoms. The van der Waals surface area contributed by atoms with Gasteiger partial charge in [0.2, 0.25) is 10.0 Å². The lowest BCUT2D eigenvalue weighted by Crippen LogP contribution is -2.48. The van der Waals surface area contributed by atoms with Crippen molar-refractivity contribution in [1.82, 2.24) is 9.29 Å². The number of benzene rings is 1. The largest absolute Gasteiger partial charge is 0.256 e. The van der Waals surface area contributed by atoms with E-state index in [1.807, 2.05) is 12.1 Å². The first-order valence-electron chi connectivity index (χ1n) is 7.48. The van der Waals surface area contributed by atoms with Gasteiger partial charge in [-0.25, -0.2) is 21.5 Å². The molecular formula is C16H18F2N2O2S. The summed E-state index contributed by atoms with van der Waals surface area (Å²) in [6.45, 7) is 1.10. The van der Waals surface area contributed by atoms with Gasteiger partial charge in [-0.05, 0) is 11.6 Å². The molecule has 23 heavy (non-hydrogen) atoms. The maximum absolute atomic E-state index is 13.6. The summed E-state index contributed by atoms with van der Waals surface area (Å²) in [5.41, 5.74) is 1.22. The minimum atomic E-state index is -3.65. The Hall–Kier alpha value is -1.60. The van der Waals surface area contributed by atoms with Gasteiger partial charge in [0, 0.05) is 37.0 Å². The summed E-state index contributed by atoms with van der Waals surface area (Å²) in [4.78, 5) is 4.25. The van der Waals surface area contributed by atoms with E-state index in [-0.39, 0.29) is 18.8 Å². The topological polar surface area (TPSA) is 50.3 Å². The summed E-state index contributed by atoms with van der Waals surface area (Å²) in [6.07, 6.45) is 1.18. The average molecular weight is 340 g/mol. The number of hydrogen-bond acceptors (Lipinski definition) is 3. The molecule has 1 aliphatic heterocycles. The highest BCUT2D eigenvalue weighted by Gasteiger charge is 2.44. The highest BCUT2D eigenvalue weighted by Crippen LogP contribution is 2.34. The van der Waals surface area contributed by atoms with E-state index in [1.54, 1.807) is 24.4 Å². The summed E-state index contributed by atoms with van der Waals surface area (Å²) in [5.74, 6) is -4.00. The average Bonchev–Trinajstić information content (AvgIpc) is 2.50. The summed E-state index contributed by atoms with van der Waals surface area (Å²) in [5, 5.41) is 0.860. The van der Waals surface area contributed by atoms with Gasteiger partial charge >= 0.3 is 0 Å². The SMILES string of the molecule is CC1CN(S(=O)(=O)Cc2cccc3cccnc23)CCC1(F)F. The number of pyridine rings is 1. The molecule has 1 aliphatic rings. The van der Waals surface area contributed by atoms with Crippen LogP contribution >= 0.6 is 0 Å². The molecule has 0 amide bonds. The van der Waals surface area contributed by atoms with Gasteiger partial charge < -0.3 is 0 Å². The quantitative estimate of drug-likeness (QED) is 0.863. The summed E-state index contributed by atoms with van der Waals surface area (Å²) in [6, 6.07) is 9.01. The lowest BCUT2D eigenvalue weighted by atomic mass is 9.97. The molecule has 124 valence electrons. The fourth-order valence-corrected chi connectivity index (χ4v) is 4.50. The lowest BCUT2D eigenvalue weighted by Gasteiger charge is -2.35. The molecule has 7 heteroatoms. The van der Waals surface area contributed by atoms with Crippen molar-refractivity contribution in [2.75, 3.05) is 13.1 Å². The van der Waals surface area contributed by atoms with E-state index in [9.17, 15) is 17.2 Å². The molecule has 2 aromatic rings. The van der Waals surface area contributed by atoms with Crippen molar-refractivity contribution in [3.05, 3.63) is 42.1 Å². The molecule has 1 aromatic carbocycles. The Morgan fingerprint density at radius 1 is 1.30 bits per heavy atom. The van der Waals surface area contributed by atoms with Crippen molar-refractivity contribution in [3.8, 4) is 0 Å². The van der Waals surface area contributed by atoms with Crippen molar-refractivity contribution in [2.24, 2.45) is 5.92 Å². The number of para-hydroxylation sites is 1. The lowest BCUT2D eigenvalue weighted by molar-refractivity contribution is -0.0853. The fourth-order valence-electron chi connectivity index (χ4n) is 2.87. The van der Waals surface area contributed by atoms with E-state index in [1.165, 1.54) is 11.2 Å². The van der Waals surface area contributed by atoms with Gasteiger partial charge in [0.1, 0.15) is 0 Å². The second kappa shape index (κ2) is 5.79. The maximum Gasteiger partial charge on any atom is 0.253 e. The van der Waals surface area contributed by atoms with Gasteiger partial charge in [0.05, 0.1) is 11.3 Å². The molecule has 1 fully saturated rings. The van der Waals surface area contributed by atoms with Gasteiger partial charge in [0.25, 0.3) is 5.92 Å². The minimum absolute atomic E-state index is 0.141. The third-order valence-electron chi connectivity index (χ3n) is 4.34. The van der Waals surface area contributed by atoms with Crippen LogP contribution in [0.15, 0.2) is 36.5 Å². The standard InChI is InChI=1S/C16H18F2N2O2S/c1-12-10-20(9-7-16(12,17)18)23(21,22)11-14-5-2-4-13-6-3-8-19-15(13)14/h2-6,8,12H,7,9-11H2,1H3. The number of hydrogen-bond donors (Lipinski definition) is 0. The second-order valence-corrected chi connectivity index (χ2v) is 7.99. The summed E-state index contributed by atoms with van der Waals surface area (Å²) in [7, 11) is -3.65. The Bertz CT molecular complexity index is 818. The fraction of sp³-hybridized carbons (Fsp3) is 0.438. The van der Waals surface area contributed by atoms with E-state index < -0.39 is 28.3 Å². The molecule has 0 bridgehead atoms. The minimum Gasteiger partial charge on any atom is -0.256 e. The maximum atomic E-state index is 13.6. The Labute approximate surface area is 134 Å². The van der Waals surface area contributed by atoms with Crippen LogP contribution in [0.25, 0.3) is 10.9 Å². The Morgan fingerprint density at radius 3 is 2.78 bits per heavy atom. The first-order valence-corrected chi connectivity index (χ1v) is 9.09. The third kappa shape index (κ3) is 3.21. The normalized spacial score (nSPS) is 22.3. The number of halogens is 2. The molecular weight excluding hydrogens is 322 g/mol. The Kier molecular flexibility index (Phi) is 4.10. The number of aromatic nitrogens is 1. The van der Waals surface area contributed by atoms with Crippen LogP contribution in [-0.4, -0.2) is 36.7 Å². The molecule has 1 unspecified atom stereocenters. The van der Waals surface area contributed by atoms with E-state index in [4.69, 9.17) is 0 Å². The van der Waals surface area contributed by atoms with E-state index >= 15 is 0 Å². The molecule has 1 atom stereocenters. The first kappa shape index (κ1) is 16.3. The van der Waals surface area contributed by atoms with Gasteiger partial charge in [0.15, 0.2) is 0 Å². The number of piperidine rings is 1. The zero-order valence-corrected chi connectivity index (χ0v) is 13.6. The zero-order chi connectivity index (χ0) is 16.7. The zero-order valence-electron chi connectivity index (χ0n) is 12.7. The Balaban J connectivity index is 1.86. The molecule has 4 nitrogen and oxygen atoms in total. The highest BCUT2D eigenvalue weighted by molar-refractivity contribution is 7.88. The van der Waals surface area contributed by atoms with E-state index in [0.29, 0.717) is 11.1 Å². The van der Waals surface area contributed by atoms with E-state index in [2.05, 4.69) is 4.98 Å². The monoisotopic (exact) mass is 340 g/mol. The molecule has 1 aromatic heterocycles. The molecule has 0 N–H and O–H groups in total. The van der Waals surface area contributed by atoms with Gasteiger partial charge in [-0.2, -0.15) is 0 Å². The van der Waals surface area contributed by atoms with Crippen LogP contribution in [0.1, 0.15) is 18.9 Å². The van der Waals surface area contributed by atoms with Gasteiger partial charge in [-0.3, -0.25) is 4.98 Å². The predicted octanol–water partition coefficient (Wildman–Crippen LogP) is 3.04. The smallest absolute Gasteiger partial charge is 0.253 e. The van der Waals surface area contributed by atoms with Crippen LogP contribution in [0.5, 0.6) is 0 Å². The number of sulfonamides is 1. The summed E-state index contributed by atoms with van der Waals surface area (Å²) >= 11 is 0. The number of rotatable bonds is 3. The number of alkyl halides is 2. The van der Waals surface area contributed by atoms with Crippen molar-refractivity contribution in [3.63, 3.8) is 0 Å². The van der Waals surface area contributed by atoms with Gasteiger partial charge in [-0.1, -0.05) is 31.2 Å². The van der Waals surface area contributed by atoms with Crippen LogP contribution in [0.4, 0.5) is 8.78 Å². The highest BCUT2D eigenvalue weighted by atomic mass is 32.2. The van der Waals surface area contributed by atoms with Crippen molar-refractivity contribution >= 4 is 20.9 Å². The number of nitrogens with zero attached hydrogens (tertiary/aromatic N) is 2. The third-order valence-corrected chi connectivity index (χ3v) is 6.13. The van der Waals surface area contributed by atoms with Crippen LogP contribution in [0, 0.1) is 5.92 Å². The summed E-state index contributed by atoms with van der Waals surface area (Å²) < 4.78 is 53.5. The number of fused-ring (bicyclic) bond motifs is 1. The van der Waals surface area contributed by atoms with Gasteiger partial charge in [-0.15, -0.1) is 0 Å². The van der Waals surface area contributed by atoms with Crippen LogP contribution in [0.2, 0.25) is 0 Å². The van der Waals surface area contributed by atoms with Crippen molar-refractivity contribution < 1.29 is 17.2 Å². The van der Waals surface area contributed by atoms with Crippen LogP contribution < -0.4 is 0 Å². The second-order valence-electron chi connectivity index (χ2n) is 6.02. The van der Waals surface area contributed by atoms with Crippen LogP contribution in [0.3, 0.4) is 0 Å².